The largest absolute Gasteiger partial charge is 0.296 e. The molecule has 27 heavy (non-hydrogen) atoms. The zero-order chi connectivity index (χ0) is 20.0. The molecule has 0 radical (unpaired) electrons. The topological polar surface area (TPSA) is 78.7 Å². The van der Waals surface area contributed by atoms with E-state index in [1.807, 2.05) is 0 Å². The highest BCUT2D eigenvalue weighted by atomic mass is 35.5. The Morgan fingerprint density at radius 1 is 1.56 bits per heavy atom. The summed E-state index contributed by atoms with van der Waals surface area (Å²) in [6.45, 7) is 0.0421. The molecular formula is C16H17ClF2N4O3S. The first kappa shape index (κ1) is 21.1. The summed E-state index contributed by atoms with van der Waals surface area (Å²) >= 11 is 6.13. The second-order valence-electron chi connectivity index (χ2n) is 5.48. The molecule has 0 spiro atoms. The minimum absolute atomic E-state index is 0.00671. The molecule has 1 aromatic rings. The van der Waals surface area contributed by atoms with Gasteiger partial charge in [-0.15, -0.1) is 6.42 Å². The molecule has 0 bridgehead atoms. The highest BCUT2D eigenvalue weighted by Gasteiger charge is 2.23. The van der Waals surface area contributed by atoms with Gasteiger partial charge in [0.1, 0.15) is 5.69 Å². The van der Waals surface area contributed by atoms with Gasteiger partial charge < -0.3 is 0 Å². The molecule has 0 aromatic carbocycles. The van der Waals surface area contributed by atoms with Crippen molar-refractivity contribution in [2.75, 3.05) is 29.5 Å². The standard InChI is InChI=1S/C16H17ClF2N4O3S/c1-2-6-22(15(24)5-8-27(26)11-14(18)19)13-10-23(20-16(13)17)12-4-3-7-21(25)9-12/h1,3-4,7,10,14,25H,5-6,8-9,11H2. The number of allylic oxidation sites excluding steroid dienone is 2. The quantitative estimate of drug-likeness (QED) is 0.653. The molecule has 11 heteroatoms. The van der Waals surface area contributed by atoms with Crippen LogP contribution >= 0.6 is 11.6 Å². The van der Waals surface area contributed by atoms with E-state index in [0.717, 1.165) is 5.06 Å². The predicted octanol–water partition coefficient (Wildman–Crippen LogP) is 1.97. The average molecular weight is 419 g/mol. The summed E-state index contributed by atoms with van der Waals surface area (Å²) in [4.78, 5) is 13.6. The third kappa shape index (κ3) is 5.89. The number of halogens is 3. The van der Waals surface area contributed by atoms with Crippen molar-refractivity contribution in [3.63, 3.8) is 0 Å². The second kappa shape index (κ2) is 9.64. The Labute approximate surface area is 162 Å². The third-order valence-electron chi connectivity index (χ3n) is 3.51. The summed E-state index contributed by atoms with van der Waals surface area (Å²) in [5, 5.41) is 14.6. The first-order valence-electron chi connectivity index (χ1n) is 7.77. The number of hydrogen-bond donors (Lipinski definition) is 1. The molecule has 2 heterocycles. The maximum atomic E-state index is 12.5. The van der Waals surface area contributed by atoms with Gasteiger partial charge in [0.05, 0.1) is 30.7 Å². The molecule has 0 aliphatic carbocycles. The van der Waals surface area contributed by atoms with Crippen LogP contribution < -0.4 is 4.90 Å². The van der Waals surface area contributed by atoms with Crippen molar-refractivity contribution < 1.29 is 23.0 Å². The van der Waals surface area contributed by atoms with Crippen molar-refractivity contribution in [1.29, 1.82) is 0 Å². The van der Waals surface area contributed by atoms with Gasteiger partial charge in [0, 0.05) is 29.2 Å². The van der Waals surface area contributed by atoms with E-state index >= 15 is 0 Å². The molecule has 1 N–H and O–H groups in total. The molecule has 1 aromatic heterocycles. The number of hydrogen-bond acceptors (Lipinski definition) is 5. The smallest absolute Gasteiger partial charge is 0.250 e. The van der Waals surface area contributed by atoms with E-state index in [2.05, 4.69) is 11.0 Å². The number of aromatic nitrogens is 2. The molecule has 1 atom stereocenters. The fourth-order valence-corrected chi connectivity index (χ4v) is 3.39. The van der Waals surface area contributed by atoms with Crippen molar-refractivity contribution >= 4 is 39.7 Å². The summed E-state index contributed by atoms with van der Waals surface area (Å²) in [7, 11) is -1.81. The molecule has 2 rings (SSSR count). The van der Waals surface area contributed by atoms with Crippen molar-refractivity contribution in [2.24, 2.45) is 0 Å². The second-order valence-corrected chi connectivity index (χ2v) is 7.46. The van der Waals surface area contributed by atoms with Gasteiger partial charge in [-0.1, -0.05) is 17.5 Å². The van der Waals surface area contributed by atoms with Gasteiger partial charge in [0.25, 0.3) is 0 Å². The monoisotopic (exact) mass is 418 g/mol. The van der Waals surface area contributed by atoms with E-state index in [1.54, 1.807) is 12.2 Å². The van der Waals surface area contributed by atoms with E-state index in [-0.39, 0.29) is 36.1 Å². The highest BCUT2D eigenvalue weighted by Crippen LogP contribution is 2.27. The van der Waals surface area contributed by atoms with Gasteiger partial charge in [-0.05, 0) is 12.2 Å². The minimum Gasteiger partial charge on any atom is -0.296 e. The highest BCUT2D eigenvalue weighted by molar-refractivity contribution is 7.85. The van der Waals surface area contributed by atoms with Gasteiger partial charge in [-0.3, -0.25) is 24.2 Å². The van der Waals surface area contributed by atoms with Crippen LogP contribution in [0.2, 0.25) is 5.15 Å². The number of carbonyl (C=O) groups excluding carboxylic acids is 1. The zero-order valence-corrected chi connectivity index (χ0v) is 15.7. The number of hydroxylamine groups is 2. The van der Waals surface area contributed by atoms with Gasteiger partial charge >= 0.3 is 0 Å². The van der Waals surface area contributed by atoms with Crippen molar-refractivity contribution in [1.82, 2.24) is 14.8 Å². The number of terminal acetylenes is 1. The van der Waals surface area contributed by atoms with E-state index in [9.17, 15) is 23.0 Å². The average Bonchev–Trinajstić information content (AvgIpc) is 2.98. The van der Waals surface area contributed by atoms with Crippen LogP contribution in [0.4, 0.5) is 14.5 Å². The van der Waals surface area contributed by atoms with Crippen LogP contribution in [0.5, 0.6) is 0 Å². The first-order chi connectivity index (χ1) is 12.8. The lowest BCUT2D eigenvalue weighted by atomic mass is 10.3. The maximum absolute atomic E-state index is 12.5. The van der Waals surface area contributed by atoms with E-state index < -0.39 is 28.9 Å². The first-order valence-corrected chi connectivity index (χ1v) is 9.63. The van der Waals surface area contributed by atoms with Crippen LogP contribution in [-0.4, -0.2) is 61.2 Å². The van der Waals surface area contributed by atoms with Crippen LogP contribution in [0, 0.1) is 12.3 Å². The third-order valence-corrected chi connectivity index (χ3v) is 5.07. The van der Waals surface area contributed by atoms with Crippen LogP contribution in [-0.2, 0) is 15.6 Å². The lowest BCUT2D eigenvalue weighted by molar-refractivity contribution is -0.118. The number of nitrogens with zero attached hydrogens (tertiary/aromatic N) is 4. The predicted molar refractivity (Wildman–Crippen MR) is 98.8 cm³/mol. The molecular weight excluding hydrogens is 402 g/mol. The van der Waals surface area contributed by atoms with Gasteiger partial charge in [0.15, 0.2) is 5.15 Å². The molecule has 1 aliphatic heterocycles. The SMILES string of the molecule is C#CCN(C(=O)CCS(=O)CC(F)F)c1cn(C2=CC=CN(O)C2)nc1Cl. The number of amides is 1. The van der Waals surface area contributed by atoms with Gasteiger partial charge in [0.2, 0.25) is 12.3 Å². The van der Waals surface area contributed by atoms with E-state index in [4.69, 9.17) is 18.0 Å². The van der Waals surface area contributed by atoms with E-state index in [1.165, 1.54) is 22.0 Å². The molecule has 0 fully saturated rings. The summed E-state index contributed by atoms with van der Waals surface area (Å²) in [6.07, 6.45) is 8.65. The van der Waals surface area contributed by atoms with Crippen molar-refractivity contribution in [3.05, 3.63) is 29.7 Å². The number of rotatable bonds is 8. The summed E-state index contributed by atoms with van der Waals surface area (Å²) in [6, 6.07) is 0. The normalized spacial score (nSPS) is 14.8. The summed E-state index contributed by atoms with van der Waals surface area (Å²) in [5.74, 6) is 0.848. The molecule has 0 saturated carbocycles. The van der Waals surface area contributed by atoms with Crippen LogP contribution in [0.15, 0.2) is 24.5 Å². The zero-order valence-electron chi connectivity index (χ0n) is 14.1. The number of anilines is 1. The van der Waals surface area contributed by atoms with Crippen LogP contribution in [0.1, 0.15) is 6.42 Å². The minimum atomic E-state index is -2.70. The lowest BCUT2D eigenvalue weighted by Gasteiger charge is -2.19. The fourth-order valence-electron chi connectivity index (χ4n) is 2.30. The molecule has 7 nitrogen and oxygen atoms in total. The molecule has 0 saturated heterocycles. The Kier molecular flexibility index (Phi) is 7.53. The van der Waals surface area contributed by atoms with Crippen LogP contribution in [0.3, 0.4) is 0 Å². The Morgan fingerprint density at radius 3 is 2.93 bits per heavy atom. The Bertz CT molecular complexity index is 819. The molecule has 1 unspecified atom stereocenters. The van der Waals surface area contributed by atoms with Gasteiger partial charge in [-0.25, -0.2) is 13.5 Å². The number of carbonyl (C=O) groups is 1. The van der Waals surface area contributed by atoms with Crippen LogP contribution in [0.25, 0.3) is 5.70 Å². The fraction of sp³-hybridized carbons (Fsp3) is 0.375. The Balaban J connectivity index is 2.15. The number of alkyl halides is 2. The summed E-state index contributed by atoms with van der Waals surface area (Å²) in [5.41, 5.74) is 0.832. The van der Waals surface area contributed by atoms with Crippen molar-refractivity contribution in [2.45, 2.75) is 12.8 Å². The Morgan fingerprint density at radius 2 is 2.30 bits per heavy atom. The van der Waals surface area contributed by atoms with Gasteiger partial charge in [-0.2, -0.15) is 5.10 Å². The molecule has 1 amide bonds. The summed E-state index contributed by atoms with van der Waals surface area (Å²) < 4.78 is 37.4. The van der Waals surface area contributed by atoms with E-state index in [0.29, 0.717) is 5.70 Å². The Hall–Kier alpha value is -2.22. The lowest BCUT2D eigenvalue weighted by Crippen LogP contribution is -2.32. The maximum Gasteiger partial charge on any atom is 0.250 e. The molecule has 1 aliphatic rings. The molecule has 146 valence electrons. The van der Waals surface area contributed by atoms with Crippen molar-refractivity contribution in [3.8, 4) is 12.3 Å².